The highest BCUT2D eigenvalue weighted by Crippen LogP contribution is 2.22. The second-order valence-corrected chi connectivity index (χ2v) is 5.47. The fraction of sp³-hybridized carbons (Fsp3) is 0.500. The molecule has 0 aliphatic heterocycles. The van der Waals surface area contributed by atoms with Gasteiger partial charge in [0.25, 0.3) is 0 Å². The third kappa shape index (κ3) is 7.01. The average molecular weight is 296 g/mol. The van der Waals surface area contributed by atoms with E-state index < -0.39 is 24.0 Å². The Hall–Kier alpha value is -1.42. The van der Waals surface area contributed by atoms with Crippen LogP contribution in [0.25, 0.3) is 0 Å². The molecule has 8 nitrogen and oxygen atoms in total. The molecule has 102 valence electrons. The van der Waals surface area contributed by atoms with Crippen molar-refractivity contribution >= 4 is 46.3 Å². The number of nitrogens with one attached hydrogen (secondary N) is 2. The summed E-state index contributed by atoms with van der Waals surface area (Å²) in [4.78, 5) is 41.5. The minimum absolute atomic E-state index is 0.0895. The maximum atomic E-state index is 10.6. The first-order chi connectivity index (χ1) is 8.52. The quantitative estimate of drug-likeness (QED) is 0.211. The largest absolute Gasteiger partial charge is 0.480 e. The summed E-state index contributed by atoms with van der Waals surface area (Å²) in [5, 5.41) is 21.6. The molecule has 0 spiro atoms. The van der Waals surface area contributed by atoms with Crippen LogP contribution in [-0.4, -0.2) is 58.6 Å². The van der Waals surface area contributed by atoms with E-state index in [1.165, 1.54) is 0 Å². The van der Waals surface area contributed by atoms with E-state index in [4.69, 9.17) is 10.2 Å². The van der Waals surface area contributed by atoms with Crippen LogP contribution in [0.5, 0.6) is 0 Å². The lowest BCUT2D eigenvalue weighted by Crippen LogP contribution is -2.38. The first kappa shape index (κ1) is 16.6. The molecule has 2 amide bonds. The van der Waals surface area contributed by atoms with Crippen LogP contribution in [0.2, 0.25) is 0 Å². The molecule has 2 atom stereocenters. The molecule has 18 heavy (non-hydrogen) atoms. The summed E-state index contributed by atoms with van der Waals surface area (Å²) in [7, 11) is 2.19. The summed E-state index contributed by atoms with van der Waals surface area (Å²) >= 11 is 0. The van der Waals surface area contributed by atoms with Gasteiger partial charge in [0.2, 0.25) is 12.8 Å². The second kappa shape index (κ2) is 9.59. The minimum Gasteiger partial charge on any atom is -0.480 e. The average Bonchev–Trinajstić information content (AvgIpc) is 2.30. The number of hydrogen-bond acceptors (Lipinski definition) is 6. The van der Waals surface area contributed by atoms with E-state index in [1.807, 2.05) is 0 Å². The van der Waals surface area contributed by atoms with Crippen LogP contribution in [0.15, 0.2) is 0 Å². The summed E-state index contributed by atoms with van der Waals surface area (Å²) in [5.74, 6) is -2.16. The van der Waals surface area contributed by atoms with Gasteiger partial charge in [-0.2, -0.15) is 0 Å². The van der Waals surface area contributed by atoms with Crippen molar-refractivity contribution in [1.82, 2.24) is 10.6 Å². The Balaban J connectivity index is 3.94. The van der Waals surface area contributed by atoms with Gasteiger partial charge in [-0.1, -0.05) is 21.6 Å². The van der Waals surface area contributed by atoms with Crippen molar-refractivity contribution in [2.45, 2.75) is 12.1 Å². The third-order valence-corrected chi connectivity index (χ3v) is 4.11. The van der Waals surface area contributed by atoms with E-state index in [-0.39, 0.29) is 24.3 Å². The molecule has 0 unspecified atom stereocenters. The maximum Gasteiger partial charge on any atom is 0.327 e. The number of carbonyl (C=O) groups is 4. The lowest BCUT2D eigenvalue weighted by Gasteiger charge is -2.12. The smallest absolute Gasteiger partial charge is 0.327 e. The van der Waals surface area contributed by atoms with Crippen LogP contribution in [0.4, 0.5) is 0 Å². The summed E-state index contributed by atoms with van der Waals surface area (Å²) in [6.45, 7) is 0. The van der Waals surface area contributed by atoms with Crippen LogP contribution in [0.3, 0.4) is 0 Å². The molecule has 0 saturated heterocycles. The highest BCUT2D eigenvalue weighted by Gasteiger charge is 2.19. The Morgan fingerprint density at radius 3 is 1.50 bits per heavy atom. The molecule has 0 bridgehead atoms. The lowest BCUT2D eigenvalue weighted by molar-refractivity contribution is -0.140. The van der Waals surface area contributed by atoms with E-state index in [9.17, 15) is 19.2 Å². The zero-order valence-electron chi connectivity index (χ0n) is 9.07. The van der Waals surface area contributed by atoms with E-state index in [0.29, 0.717) is 0 Å². The van der Waals surface area contributed by atoms with Crippen molar-refractivity contribution in [3.05, 3.63) is 0 Å². The second-order valence-electron chi connectivity index (χ2n) is 2.92. The van der Waals surface area contributed by atoms with Gasteiger partial charge < -0.3 is 20.8 Å². The van der Waals surface area contributed by atoms with E-state index in [0.717, 1.165) is 21.6 Å². The molecule has 0 aromatic heterocycles. The predicted octanol–water partition coefficient (Wildman–Crippen LogP) is -1.23. The molecular formula is C8H12N2O6S2. The number of carboxylic acids is 2. The first-order valence-electron chi connectivity index (χ1n) is 4.62. The number of aliphatic carboxylic acids is 2. The van der Waals surface area contributed by atoms with Crippen LogP contribution in [0.1, 0.15) is 0 Å². The predicted molar refractivity (Wildman–Crippen MR) is 66.2 cm³/mol. The van der Waals surface area contributed by atoms with Crippen LogP contribution < -0.4 is 10.6 Å². The van der Waals surface area contributed by atoms with Crippen LogP contribution in [-0.2, 0) is 19.2 Å². The lowest BCUT2D eigenvalue weighted by atomic mass is 10.3. The molecule has 0 fully saturated rings. The first-order valence-corrected chi connectivity index (χ1v) is 7.11. The van der Waals surface area contributed by atoms with Crippen molar-refractivity contribution < 1.29 is 29.4 Å². The Morgan fingerprint density at radius 2 is 1.28 bits per heavy atom. The van der Waals surface area contributed by atoms with Gasteiger partial charge in [-0.25, -0.2) is 9.59 Å². The fourth-order valence-electron chi connectivity index (χ4n) is 0.778. The summed E-state index contributed by atoms with van der Waals surface area (Å²) < 4.78 is 0. The third-order valence-electron chi connectivity index (χ3n) is 1.69. The number of rotatable bonds is 11. The monoisotopic (exact) mass is 296 g/mol. The number of carboxylic acid groups (broad SMARTS) is 2. The molecule has 0 aromatic rings. The highest BCUT2D eigenvalue weighted by atomic mass is 33.1. The number of carbonyl (C=O) groups excluding carboxylic acids is 2. The Morgan fingerprint density at radius 1 is 0.944 bits per heavy atom. The Kier molecular flexibility index (Phi) is 8.84. The molecule has 10 heteroatoms. The van der Waals surface area contributed by atoms with Crippen LogP contribution in [0, 0.1) is 0 Å². The molecule has 0 rings (SSSR count). The summed E-state index contributed by atoms with van der Waals surface area (Å²) in [5.41, 5.74) is 0. The molecule has 0 aliphatic carbocycles. The van der Waals surface area contributed by atoms with E-state index in [2.05, 4.69) is 10.6 Å². The van der Waals surface area contributed by atoms with E-state index >= 15 is 0 Å². The van der Waals surface area contributed by atoms with Gasteiger partial charge >= 0.3 is 11.9 Å². The van der Waals surface area contributed by atoms with Gasteiger partial charge in [0.05, 0.1) is 0 Å². The van der Waals surface area contributed by atoms with Crippen molar-refractivity contribution in [1.29, 1.82) is 0 Å². The van der Waals surface area contributed by atoms with Crippen molar-refractivity contribution in [2.24, 2.45) is 0 Å². The Bertz CT molecular complexity index is 284. The van der Waals surface area contributed by atoms with Gasteiger partial charge in [-0.3, -0.25) is 9.59 Å². The summed E-state index contributed by atoms with van der Waals surface area (Å²) in [6, 6.07) is -2.05. The van der Waals surface area contributed by atoms with Gasteiger partial charge in [0.1, 0.15) is 12.1 Å². The minimum atomic E-state index is -1.17. The number of hydrogen-bond donors (Lipinski definition) is 4. The standard InChI is InChI=1S/C8H12N2O6S2/c11-3-9-5(7(13)14)1-17-18-2-6(8(15)16)10-4-12/h3-6H,1-2H2,(H,9,11)(H,10,12)(H,13,14)(H,15,16)/t5-,6-/m0/s1. The van der Waals surface area contributed by atoms with Gasteiger partial charge in [0, 0.05) is 11.5 Å². The molecule has 4 N–H and O–H groups in total. The zero-order valence-corrected chi connectivity index (χ0v) is 10.7. The number of amides is 2. The topological polar surface area (TPSA) is 133 Å². The van der Waals surface area contributed by atoms with Crippen LogP contribution >= 0.6 is 21.6 Å². The normalized spacial score (nSPS) is 13.1. The Labute approximate surface area is 110 Å². The molecule has 0 heterocycles. The van der Waals surface area contributed by atoms with Gasteiger partial charge in [0.15, 0.2) is 0 Å². The molecule has 0 aliphatic rings. The van der Waals surface area contributed by atoms with Crippen molar-refractivity contribution in [3.8, 4) is 0 Å². The van der Waals surface area contributed by atoms with Gasteiger partial charge in [-0.05, 0) is 0 Å². The molecule has 0 saturated carbocycles. The van der Waals surface area contributed by atoms with E-state index in [1.54, 1.807) is 0 Å². The maximum absolute atomic E-state index is 10.6. The summed E-state index contributed by atoms with van der Waals surface area (Å²) in [6.07, 6.45) is 0.579. The van der Waals surface area contributed by atoms with Crippen molar-refractivity contribution in [3.63, 3.8) is 0 Å². The van der Waals surface area contributed by atoms with Gasteiger partial charge in [-0.15, -0.1) is 0 Å². The molecule has 0 aromatic carbocycles. The fourth-order valence-corrected chi connectivity index (χ4v) is 3.11. The molecule has 0 radical (unpaired) electrons. The van der Waals surface area contributed by atoms with Crippen molar-refractivity contribution in [2.75, 3.05) is 11.5 Å². The zero-order chi connectivity index (χ0) is 14.0. The highest BCUT2D eigenvalue weighted by molar-refractivity contribution is 8.76. The molecular weight excluding hydrogens is 284 g/mol. The SMILES string of the molecule is O=CN[C@@H](CSSC[C@H](NC=O)C(=O)O)C(=O)O.